The maximum absolute atomic E-state index is 15.8. The maximum atomic E-state index is 15.8. The molecule has 0 aromatic carbocycles. The van der Waals surface area contributed by atoms with Gasteiger partial charge >= 0.3 is 0 Å². The van der Waals surface area contributed by atoms with E-state index in [2.05, 4.69) is 42.9 Å². The number of nitrogens with one attached hydrogen (secondary N) is 3. The summed E-state index contributed by atoms with van der Waals surface area (Å²) < 4.78 is 23.3. The fourth-order valence-corrected chi connectivity index (χ4v) is 5.70. The summed E-state index contributed by atoms with van der Waals surface area (Å²) in [7, 11) is 0. The number of hydrogen-bond donors (Lipinski definition) is 3. The first-order chi connectivity index (χ1) is 18.3. The Balaban J connectivity index is 1.61. The number of amides is 1. The van der Waals surface area contributed by atoms with Gasteiger partial charge in [0.05, 0.1) is 42.2 Å². The van der Waals surface area contributed by atoms with Gasteiger partial charge in [-0.15, -0.1) is 0 Å². The Bertz CT molecular complexity index is 990. The number of carbonyl (C=O) groups is 1. The van der Waals surface area contributed by atoms with Crippen LogP contribution in [-0.2, 0) is 9.53 Å². The average Bonchev–Trinajstić information content (AvgIpc) is 3.31. The predicted octanol–water partition coefficient (Wildman–Crippen LogP) is 5.33. The third-order valence-corrected chi connectivity index (χ3v) is 8.50. The largest absolute Gasteiger partial charge is 0.383 e. The van der Waals surface area contributed by atoms with Gasteiger partial charge in [0.1, 0.15) is 5.67 Å². The molecule has 0 spiro atoms. The van der Waals surface area contributed by atoms with Crippen molar-refractivity contribution in [1.29, 1.82) is 0 Å². The second-order valence-electron chi connectivity index (χ2n) is 11.5. The molecule has 0 saturated carbocycles. The Morgan fingerprint density at radius 2 is 2.21 bits per heavy atom. The number of aromatic nitrogens is 2. The summed E-state index contributed by atoms with van der Waals surface area (Å²) in [5.74, 6) is 0.711. The summed E-state index contributed by atoms with van der Waals surface area (Å²) in [5, 5.41) is 6.53. The minimum Gasteiger partial charge on any atom is -0.383 e. The van der Waals surface area contributed by atoms with Gasteiger partial charge in [-0.1, -0.05) is 46.1 Å². The molecule has 1 amide bonds. The van der Waals surface area contributed by atoms with Crippen LogP contribution < -0.4 is 16.1 Å². The van der Waals surface area contributed by atoms with Gasteiger partial charge in [-0.05, 0) is 51.1 Å². The van der Waals surface area contributed by atoms with Crippen LogP contribution in [0.25, 0.3) is 0 Å². The quantitative estimate of drug-likeness (QED) is 0.340. The number of allylic oxidation sites excluding steroid dienone is 1. The maximum Gasteiger partial charge on any atom is 0.248 e. The van der Waals surface area contributed by atoms with E-state index in [-0.39, 0.29) is 30.5 Å². The van der Waals surface area contributed by atoms with E-state index in [0.29, 0.717) is 37.0 Å². The van der Waals surface area contributed by atoms with Gasteiger partial charge < -0.3 is 20.8 Å². The summed E-state index contributed by atoms with van der Waals surface area (Å²) in [6.07, 6.45) is 14.2. The monoisotopic (exact) mass is 530 g/mol. The second kappa shape index (κ2) is 13.1. The number of alkyl halides is 1. The number of imidazole rings is 1. The molecule has 38 heavy (non-hydrogen) atoms. The Morgan fingerprint density at radius 3 is 2.95 bits per heavy atom. The van der Waals surface area contributed by atoms with E-state index < -0.39 is 11.6 Å². The van der Waals surface area contributed by atoms with Crippen LogP contribution in [0, 0.1) is 17.8 Å². The molecule has 0 aliphatic carbocycles. The number of carbonyl (C=O) groups excluding carboxylic acids is 1. The van der Waals surface area contributed by atoms with Crippen LogP contribution >= 0.6 is 0 Å². The standard InChI is InChI=1S/C29H47FN6O2/c1-5-7-14-31-23(12-8-10-20(3)6-2)25-18-36-28(33-25)34-26(22-19-38-16-13-29(22,4)30)24(35-36)17-21-11-9-15-32-27(21)37/h7,14,18,20-24,31,35H,5-6,8-13,15-17,19H2,1-4H3,(H,32,37)/b14-7-. The van der Waals surface area contributed by atoms with E-state index in [1.165, 1.54) is 12.8 Å². The lowest BCUT2D eigenvalue weighted by molar-refractivity contribution is -0.126. The van der Waals surface area contributed by atoms with Crippen LogP contribution in [0.3, 0.4) is 0 Å². The Labute approximate surface area is 227 Å². The van der Waals surface area contributed by atoms with Crippen molar-refractivity contribution >= 4 is 17.6 Å². The first-order valence-electron chi connectivity index (χ1n) is 14.7. The molecule has 3 N–H and O–H groups in total. The molecular formula is C29H47FN6O2. The zero-order valence-corrected chi connectivity index (χ0v) is 23.6. The van der Waals surface area contributed by atoms with E-state index >= 15 is 4.39 Å². The van der Waals surface area contributed by atoms with Crippen molar-refractivity contribution in [3.63, 3.8) is 0 Å². The number of fused-ring (bicyclic) bond motifs is 1. The SMILES string of the molecule is CC/C=C\NC(CCCC(C)CC)c1cn2c(n1)N=C(C1COCCC1(C)F)C(CC1CCCNC1=O)N2. The highest BCUT2D eigenvalue weighted by Crippen LogP contribution is 2.36. The summed E-state index contributed by atoms with van der Waals surface area (Å²) in [6, 6.07) is -0.204. The highest BCUT2D eigenvalue weighted by molar-refractivity contribution is 5.96. The molecule has 3 aliphatic rings. The first-order valence-corrected chi connectivity index (χ1v) is 14.7. The summed E-state index contributed by atoms with van der Waals surface area (Å²) >= 11 is 0. The smallest absolute Gasteiger partial charge is 0.248 e. The minimum atomic E-state index is -1.42. The van der Waals surface area contributed by atoms with Crippen LogP contribution in [0.5, 0.6) is 0 Å². The number of piperidine rings is 1. The van der Waals surface area contributed by atoms with Gasteiger partial charge in [-0.25, -0.2) is 19.0 Å². The highest BCUT2D eigenvalue weighted by Gasteiger charge is 2.45. The summed E-state index contributed by atoms with van der Waals surface area (Å²) in [4.78, 5) is 22.5. The summed E-state index contributed by atoms with van der Waals surface area (Å²) in [6.45, 7) is 9.73. The molecular weight excluding hydrogens is 483 g/mol. The van der Waals surface area contributed by atoms with Gasteiger partial charge in [-0.2, -0.15) is 0 Å². The molecule has 2 saturated heterocycles. The zero-order valence-electron chi connectivity index (χ0n) is 23.6. The van der Waals surface area contributed by atoms with E-state index in [1.54, 1.807) is 6.92 Å². The molecule has 212 valence electrons. The molecule has 0 radical (unpaired) electrons. The third-order valence-electron chi connectivity index (χ3n) is 8.50. The van der Waals surface area contributed by atoms with Crippen molar-refractivity contribution in [2.24, 2.45) is 22.7 Å². The van der Waals surface area contributed by atoms with Crippen molar-refractivity contribution in [2.75, 3.05) is 25.2 Å². The van der Waals surface area contributed by atoms with Gasteiger partial charge in [0.25, 0.3) is 0 Å². The lowest BCUT2D eigenvalue weighted by atomic mass is 9.78. The second-order valence-corrected chi connectivity index (χ2v) is 11.5. The molecule has 4 rings (SSSR count). The van der Waals surface area contributed by atoms with E-state index in [9.17, 15) is 4.79 Å². The molecule has 6 atom stereocenters. The average molecular weight is 531 g/mol. The van der Waals surface area contributed by atoms with Crippen LogP contribution in [0.15, 0.2) is 23.5 Å². The number of halogens is 1. The van der Waals surface area contributed by atoms with Crippen LogP contribution in [0.4, 0.5) is 10.3 Å². The Morgan fingerprint density at radius 1 is 1.37 bits per heavy atom. The molecule has 3 aliphatic heterocycles. The minimum absolute atomic E-state index is 0.0624. The molecule has 6 unspecified atom stereocenters. The Kier molecular flexibility index (Phi) is 9.85. The van der Waals surface area contributed by atoms with Crippen LogP contribution in [0.2, 0.25) is 0 Å². The fraction of sp³-hybridized carbons (Fsp3) is 0.759. The molecule has 1 aromatic rings. The van der Waals surface area contributed by atoms with Crippen molar-refractivity contribution in [3.8, 4) is 0 Å². The van der Waals surface area contributed by atoms with Gasteiger partial charge in [0.15, 0.2) is 0 Å². The highest BCUT2D eigenvalue weighted by atomic mass is 19.1. The normalized spacial score (nSPS) is 29.2. The van der Waals surface area contributed by atoms with E-state index in [1.807, 2.05) is 17.1 Å². The fourth-order valence-electron chi connectivity index (χ4n) is 5.70. The molecule has 0 bridgehead atoms. The summed E-state index contributed by atoms with van der Waals surface area (Å²) in [5.41, 5.74) is 3.76. The van der Waals surface area contributed by atoms with Crippen LogP contribution in [0.1, 0.15) is 97.2 Å². The van der Waals surface area contributed by atoms with Crippen molar-refractivity contribution in [2.45, 2.75) is 103 Å². The molecule has 4 heterocycles. The van der Waals surface area contributed by atoms with E-state index in [4.69, 9.17) is 14.7 Å². The molecule has 1 aromatic heterocycles. The van der Waals surface area contributed by atoms with Crippen LogP contribution in [-0.4, -0.2) is 52.7 Å². The topological polar surface area (TPSA) is 92.6 Å². The third kappa shape index (κ3) is 6.96. The zero-order chi connectivity index (χ0) is 27.1. The number of aliphatic imine (C=N–C) groups is 1. The lowest BCUT2D eigenvalue weighted by Gasteiger charge is -2.40. The van der Waals surface area contributed by atoms with Crippen molar-refractivity contribution in [1.82, 2.24) is 20.3 Å². The number of ether oxygens (including phenoxy) is 1. The molecule has 8 nitrogen and oxygen atoms in total. The predicted molar refractivity (Wildman–Crippen MR) is 150 cm³/mol. The molecule has 9 heteroatoms. The number of rotatable bonds is 12. The van der Waals surface area contributed by atoms with Crippen molar-refractivity contribution < 1.29 is 13.9 Å². The van der Waals surface area contributed by atoms with Crippen molar-refractivity contribution in [3.05, 3.63) is 24.2 Å². The number of hydrogen-bond acceptors (Lipinski definition) is 6. The van der Waals surface area contributed by atoms with Gasteiger partial charge in [0.2, 0.25) is 11.9 Å². The van der Waals surface area contributed by atoms with E-state index in [0.717, 1.165) is 44.3 Å². The first kappa shape index (κ1) is 28.6. The number of nitrogens with zero attached hydrogens (tertiary/aromatic N) is 3. The van der Waals surface area contributed by atoms with Gasteiger partial charge in [-0.3, -0.25) is 4.79 Å². The lowest BCUT2D eigenvalue weighted by Crippen LogP contribution is -2.52. The molecule has 2 fully saturated rings. The Hall–Kier alpha value is -2.42. The van der Waals surface area contributed by atoms with Gasteiger partial charge in [0, 0.05) is 25.5 Å².